The van der Waals surface area contributed by atoms with E-state index in [4.69, 9.17) is 4.74 Å². The van der Waals surface area contributed by atoms with Crippen molar-refractivity contribution in [2.45, 2.75) is 5.54 Å². The van der Waals surface area contributed by atoms with Gasteiger partial charge in [0.05, 0.1) is 30.9 Å². The number of aliphatic hydroxyl groups excluding tert-OH is 1. The Balaban J connectivity index is 1.82. The highest BCUT2D eigenvalue weighted by Gasteiger charge is 2.37. The predicted molar refractivity (Wildman–Crippen MR) is 81.3 cm³/mol. The van der Waals surface area contributed by atoms with E-state index in [1.807, 2.05) is 31.3 Å². The van der Waals surface area contributed by atoms with Gasteiger partial charge in [-0.1, -0.05) is 12.1 Å². The molecule has 1 unspecified atom stereocenters. The van der Waals surface area contributed by atoms with Gasteiger partial charge >= 0.3 is 0 Å². The number of morpholine rings is 1. The van der Waals surface area contributed by atoms with Crippen molar-refractivity contribution in [3.63, 3.8) is 0 Å². The Kier molecular flexibility index (Phi) is 4.01. The number of hydrogen-bond acceptors (Lipinski definition) is 6. The number of benzene rings is 1. The first-order valence-electron chi connectivity index (χ1n) is 7.09. The van der Waals surface area contributed by atoms with E-state index >= 15 is 0 Å². The third-order valence-electron chi connectivity index (χ3n) is 4.17. The molecule has 0 amide bonds. The summed E-state index contributed by atoms with van der Waals surface area (Å²) in [6.07, 6.45) is 1.55. The van der Waals surface area contributed by atoms with Gasteiger partial charge in [-0.25, -0.2) is 9.97 Å². The number of ether oxygens (including phenoxy) is 1. The molecule has 1 aromatic carbocycles. The maximum absolute atomic E-state index is 9.81. The van der Waals surface area contributed by atoms with E-state index in [0.717, 1.165) is 23.3 Å². The van der Waals surface area contributed by atoms with E-state index in [-0.39, 0.29) is 6.61 Å². The Morgan fingerprint density at radius 3 is 3.05 bits per heavy atom. The van der Waals surface area contributed by atoms with Crippen LogP contribution in [0.15, 0.2) is 30.6 Å². The van der Waals surface area contributed by atoms with E-state index in [0.29, 0.717) is 19.8 Å². The summed E-state index contributed by atoms with van der Waals surface area (Å²) in [5, 5.41) is 14.1. The minimum absolute atomic E-state index is 0.0412. The van der Waals surface area contributed by atoms with Gasteiger partial charge in [-0.05, 0) is 19.2 Å². The summed E-state index contributed by atoms with van der Waals surface area (Å²) in [5.74, 6) is 0.785. The first kappa shape index (κ1) is 14.2. The zero-order valence-electron chi connectivity index (χ0n) is 12.1. The zero-order chi connectivity index (χ0) is 14.7. The monoisotopic (exact) mass is 288 g/mol. The molecular formula is C15H20N4O2. The Morgan fingerprint density at radius 1 is 1.38 bits per heavy atom. The van der Waals surface area contributed by atoms with Crippen molar-refractivity contribution in [1.29, 1.82) is 0 Å². The maximum atomic E-state index is 9.81. The summed E-state index contributed by atoms with van der Waals surface area (Å²) in [6.45, 7) is 2.64. The van der Waals surface area contributed by atoms with Gasteiger partial charge in [0.2, 0.25) is 0 Å². The van der Waals surface area contributed by atoms with Crippen LogP contribution in [-0.4, -0.2) is 65.5 Å². The first-order valence-corrected chi connectivity index (χ1v) is 7.09. The second-order valence-electron chi connectivity index (χ2n) is 5.45. The van der Waals surface area contributed by atoms with Crippen LogP contribution < -0.4 is 5.32 Å². The molecule has 2 N–H and O–H groups in total. The Labute approximate surface area is 123 Å². The molecule has 0 spiro atoms. The van der Waals surface area contributed by atoms with Gasteiger partial charge in [0.1, 0.15) is 12.1 Å². The minimum Gasteiger partial charge on any atom is -0.394 e. The molecule has 1 atom stereocenters. The molecule has 0 aliphatic carbocycles. The molecule has 2 heterocycles. The van der Waals surface area contributed by atoms with Crippen molar-refractivity contribution in [1.82, 2.24) is 14.9 Å². The molecule has 1 saturated heterocycles. The highest BCUT2D eigenvalue weighted by molar-refractivity contribution is 5.88. The maximum Gasteiger partial charge on any atom is 0.137 e. The van der Waals surface area contributed by atoms with Gasteiger partial charge in [0.15, 0.2) is 0 Å². The Bertz CT molecular complexity index is 616. The molecule has 1 aliphatic rings. The number of nitrogens with zero attached hydrogens (tertiary/aromatic N) is 3. The van der Waals surface area contributed by atoms with Crippen molar-refractivity contribution in [2.75, 3.05) is 45.3 Å². The first-order chi connectivity index (χ1) is 10.2. The molecule has 6 nitrogen and oxygen atoms in total. The van der Waals surface area contributed by atoms with Crippen LogP contribution in [0.2, 0.25) is 0 Å². The number of rotatable bonds is 4. The molecule has 1 aromatic heterocycles. The molecule has 0 radical (unpaired) electrons. The van der Waals surface area contributed by atoms with Crippen LogP contribution in [0.4, 0.5) is 5.82 Å². The van der Waals surface area contributed by atoms with E-state index < -0.39 is 5.54 Å². The fraction of sp³-hybridized carbons (Fsp3) is 0.467. The second kappa shape index (κ2) is 5.93. The molecule has 21 heavy (non-hydrogen) atoms. The fourth-order valence-electron chi connectivity index (χ4n) is 2.61. The van der Waals surface area contributed by atoms with Crippen LogP contribution in [0.1, 0.15) is 0 Å². The lowest BCUT2D eigenvalue weighted by Crippen LogP contribution is -2.61. The lowest BCUT2D eigenvalue weighted by atomic mass is 9.98. The molecule has 1 aliphatic heterocycles. The van der Waals surface area contributed by atoms with Gasteiger partial charge in [-0.15, -0.1) is 0 Å². The molecule has 0 bridgehead atoms. The van der Waals surface area contributed by atoms with Crippen LogP contribution in [-0.2, 0) is 4.74 Å². The average molecular weight is 288 g/mol. The summed E-state index contributed by atoms with van der Waals surface area (Å²) in [5.41, 5.74) is 0.492. The van der Waals surface area contributed by atoms with Crippen LogP contribution in [0, 0.1) is 0 Å². The zero-order valence-corrected chi connectivity index (χ0v) is 12.1. The number of likely N-dealkylation sites (N-methyl/N-ethyl adjacent to an activating group) is 1. The number of hydrogen-bond donors (Lipinski definition) is 2. The second-order valence-corrected chi connectivity index (χ2v) is 5.45. The number of anilines is 1. The van der Waals surface area contributed by atoms with Crippen LogP contribution in [0.3, 0.4) is 0 Å². The lowest BCUT2D eigenvalue weighted by Gasteiger charge is -2.43. The van der Waals surface area contributed by atoms with Crippen molar-refractivity contribution in [3.8, 4) is 0 Å². The van der Waals surface area contributed by atoms with E-state index in [1.54, 1.807) is 6.33 Å². The van der Waals surface area contributed by atoms with E-state index in [9.17, 15) is 5.11 Å². The van der Waals surface area contributed by atoms with Gasteiger partial charge in [0, 0.05) is 18.5 Å². The molecule has 6 heteroatoms. The summed E-state index contributed by atoms with van der Waals surface area (Å²) in [4.78, 5) is 10.7. The lowest BCUT2D eigenvalue weighted by molar-refractivity contribution is -0.0726. The third-order valence-corrected chi connectivity index (χ3v) is 4.17. The highest BCUT2D eigenvalue weighted by atomic mass is 16.5. The van der Waals surface area contributed by atoms with Crippen LogP contribution in [0.5, 0.6) is 0 Å². The Hall–Kier alpha value is -1.76. The molecule has 3 rings (SSSR count). The van der Waals surface area contributed by atoms with Gasteiger partial charge in [0.25, 0.3) is 0 Å². The van der Waals surface area contributed by atoms with Crippen molar-refractivity contribution in [3.05, 3.63) is 30.6 Å². The predicted octanol–water partition coefficient (Wildman–Crippen LogP) is 0.735. The molecule has 1 fully saturated rings. The van der Waals surface area contributed by atoms with Crippen LogP contribution >= 0.6 is 0 Å². The largest absolute Gasteiger partial charge is 0.394 e. The summed E-state index contributed by atoms with van der Waals surface area (Å²) in [6, 6.07) is 7.87. The van der Waals surface area contributed by atoms with Crippen molar-refractivity contribution >= 4 is 16.7 Å². The third kappa shape index (κ3) is 2.70. The average Bonchev–Trinajstić information content (AvgIpc) is 2.54. The minimum atomic E-state index is -0.412. The normalized spacial score (nSPS) is 23.3. The summed E-state index contributed by atoms with van der Waals surface area (Å²) >= 11 is 0. The molecular weight excluding hydrogens is 268 g/mol. The molecule has 112 valence electrons. The highest BCUT2D eigenvalue weighted by Crippen LogP contribution is 2.22. The van der Waals surface area contributed by atoms with Gasteiger partial charge in [-0.2, -0.15) is 0 Å². The number of aliphatic hydroxyl groups is 1. The topological polar surface area (TPSA) is 70.5 Å². The van der Waals surface area contributed by atoms with Gasteiger partial charge in [-0.3, -0.25) is 4.90 Å². The standard InChI is InChI=1S/C15H20N4O2/c1-19-6-7-21-10-15(19,9-20)8-16-14-12-4-2-3-5-13(12)17-11-18-14/h2-5,11,20H,6-10H2,1H3,(H,16,17,18). The Morgan fingerprint density at radius 2 is 2.24 bits per heavy atom. The molecule has 0 saturated carbocycles. The number of aromatic nitrogens is 2. The van der Waals surface area contributed by atoms with Crippen molar-refractivity contribution < 1.29 is 9.84 Å². The molecule has 2 aromatic rings. The van der Waals surface area contributed by atoms with Crippen LogP contribution in [0.25, 0.3) is 10.9 Å². The van der Waals surface area contributed by atoms with Crippen molar-refractivity contribution in [2.24, 2.45) is 0 Å². The fourth-order valence-corrected chi connectivity index (χ4v) is 2.61. The SMILES string of the molecule is CN1CCOCC1(CO)CNc1ncnc2ccccc12. The number of fused-ring (bicyclic) bond motifs is 1. The summed E-state index contributed by atoms with van der Waals surface area (Å²) < 4.78 is 5.55. The van der Waals surface area contributed by atoms with Gasteiger partial charge < -0.3 is 15.2 Å². The summed E-state index contributed by atoms with van der Waals surface area (Å²) in [7, 11) is 2.01. The quantitative estimate of drug-likeness (QED) is 0.864. The number of para-hydroxylation sites is 1. The van der Waals surface area contributed by atoms with E-state index in [1.165, 1.54) is 0 Å². The van der Waals surface area contributed by atoms with E-state index in [2.05, 4.69) is 20.2 Å². The number of nitrogens with one attached hydrogen (secondary N) is 1. The smallest absolute Gasteiger partial charge is 0.137 e.